The van der Waals surface area contributed by atoms with Crippen LogP contribution in [0.3, 0.4) is 0 Å². The fraction of sp³-hybridized carbons (Fsp3) is 0.667. The molecule has 2 aliphatic heterocycles. The quantitative estimate of drug-likeness (QED) is 0.857. The van der Waals surface area contributed by atoms with Crippen LogP contribution in [0.25, 0.3) is 0 Å². The minimum atomic E-state index is -2.65. The second kappa shape index (κ2) is 7.13. The molecule has 2 saturated heterocycles. The highest BCUT2D eigenvalue weighted by atomic mass is 19.3. The van der Waals surface area contributed by atoms with Gasteiger partial charge in [0.15, 0.2) is 0 Å². The highest BCUT2D eigenvalue weighted by molar-refractivity contribution is 5.79. The average Bonchev–Trinajstić information content (AvgIpc) is 3.14. The lowest BCUT2D eigenvalue weighted by atomic mass is 9.80. The summed E-state index contributed by atoms with van der Waals surface area (Å²) in [6, 6.07) is 6.55. The molecule has 3 atom stereocenters. The summed E-state index contributed by atoms with van der Waals surface area (Å²) in [6.45, 7) is 8.22. The van der Waals surface area contributed by atoms with E-state index in [1.807, 2.05) is 0 Å². The van der Waals surface area contributed by atoms with E-state index in [1.165, 1.54) is 16.7 Å². The van der Waals surface area contributed by atoms with Crippen LogP contribution in [-0.2, 0) is 16.1 Å². The number of carbonyl (C=O) groups is 1. The molecule has 0 radical (unpaired) electrons. The van der Waals surface area contributed by atoms with Gasteiger partial charge in [0.2, 0.25) is 11.8 Å². The highest BCUT2D eigenvalue weighted by Crippen LogP contribution is 2.42. The molecule has 1 N–H and O–H groups in total. The lowest BCUT2D eigenvalue weighted by Crippen LogP contribution is -2.46. The largest absolute Gasteiger partial charge is 0.376 e. The second-order valence-corrected chi connectivity index (χ2v) is 8.63. The molecule has 6 heteroatoms. The third-order valence-corrected chi connectivity index (χ3v) is 6.41. The Morgan fingerprint density at radius 1 is 1.30 bits per heavy atom. The first-order chi connectivity index (χ1) is 12.8. The van der Waals surface area contributed by atoms with Crippen molar-refractivity contribution in [3.05, 3.63) is 34.9 Å². The second-order valence-electron chi connectivity index (χ2n) is 8.63. The number of fused-ring (bicyclic) bond motifs is 1. The lowest BCUT2D eigenvalue weighted by Gasteiger charge is -2.34. The minimum absolute atomic E-state index is 0.213. The molecule has 1 amide bonds. The average molecular weight is 378 g/mol. The molecular formula is C21H28F2N2O2. The van der Waals surface area contributed by atoms with Crippen molar-refractivity contribution in [3.8, 4) is 0 Å². The van der Waals surface area contributed by atoms with Gasteiger partial charge in [0, 0.05) is 56.8 Å². The van der Waals surface area contributed by atoms with Gasteiger partial charge in [-0.3, -0.25) is 9.69 Å². The maximum Gasteiger partial charge on any atom is 0.249 e. The van der Waals surface area contributed by atoms with Crippen molar-refractivity contribution in [2.24, 2.45) is 17.8 Å². The monoisotopic (exact) mass is 378 g/mol. The van der Waals surface area contributed by atoms with Crippen LogP contribution in [0.1, 0.15) is 29.5 Å². The number of halogens is 2. The van der Waals surface area contributed by atoms with Gasteiger partial charge in [-0.1, -0.05) is 23.8 Å². The summed E-state index contributed by atoms with van der Waals surface area (Å²) in [5.74, 6) is -2.73. The van der Waals surface area contributed by atoms with Gasteiger partial charge in [-0.2, -0.15) is 0 Å². The molecule has 1 aromatic carbocycles. The summed E-state index contributed by atoms with van der Waals surface area (Å²) >= 11 is 0. The van der Waals surface area contributed by atoms with E-state index >= 15 is 0 Å². The van der Waals surface area contributed by atoms with Crippen LogP contribution in [0.4, 0.5) is 8.78 Å². The third-order valence-electron chi connectivity index (χ3n) is 6.41. The number of nitrogens with zero attached hydrogens (tertiary/aromatic N) is 1. The van der Waals surface area contributed by atoms with Crippen molar-refractivity contribution in [2.45, 2.75) is 45.3 Å². The zero-order chi connectivity index (χ0) is 19.2. The van der Waals surface area contributed by atoms with E-state index in [0.717, 1.165) is 19.6 Å². The first kappa shape index (κ1) is 18.8. The first-order valence-corrected chi connectivity index (χ1v) is 9.86. The molecule has 3 aliphatic rings. The van der Waals surface area contributed by atoms with Gasteiger partial charge in [-0.05, 0) is 25.0 Å². The van der Waals surface area contributed by atoms with Gasteiger partial charge in [-0.25, -0.2) is 8.78 Å². The predicted molar refractivity (Wildman–Crippen MR) is 98.6 cm³/mol. The molecule has 27 heavy (non-hydrogen) atoms. The van der Waals surface area contributed by atoms with Crippen molar-refractivity contribution in [3.63, 3.8) is 0 Å². The van der Waals surface area contributed by atoms with Crippen molar-refractivity contribution in [1.29, 1.82) is 0 Å². The van der Waals surface area contributed by atoms with Crippen molar-refractivity contribution in [1.82, 2.24) is 10.2 Å². The van der Waals surface area contributed by atoms with Gasteiger partial charge in [0.25, 0.3) is 0 Å². The molecule has 1 saturated carbocycles. The van der Waals surface area contributed by atoms with Gasteiger partial charge < -0.3 is 10.1 Å². The number of rotatable bonds is 5. The Morgan fingerprint density at radius 2 is 2.07 bits per heavy atom. The van der Waals surface area contributed by atoms with Crippen molar-refractivity contribution < 1.29 is 18.3 Å². The van der Waals surface area contributed by atoms with E-state index in [2.05, 4.69) is 42.3 Å². The third kappa shape index (κ3) is 4.02. The summed E-state index contributed by atoms with van der Waals surface area (Å²) < 4.78 is 31.8. The predicted octanol–water partition coefficient (Wildman–Crippen LogP) is 2.91. The Kier molecular flexibility index (Phi) is 4.97. The van der Waals surface area contributed by atoms with Crippen LogP contribution >= 0.6 is 0 Å². The number of benzene rings is 1. The van der Waals surface area contributed by atoms with E-state index in [9.17, 15) is 13.6 Å². The molecule has 4 rings (SSSR count). The summed E-state index contributed by atoms with van der Waals surface area (Å²) in [5.41, 5.74) is 3.93. The van der Waals surface area contributed by atoms with Crippen LogP contribution in [0, 0.1) is 31.6 Å². The Bertz CT molecular complexity index is 716. The number of likely N-dealkylation sites (tertiary alicyclic amines) is 1. The van der Waals surface area contributed by atoms with Gasteiger partial charge in [0.05, 0.1) is 12.7 Å². The highest BCUT2D eigenvalue weighted by Gasteiger charge is 2.49. The SMILES string of the molecule is Cc1ccc(C)c(CN2C[C@H]3[C@H](CNC(=O)C4CC(F)(F)C4)CO[C@H]3C2)c1. The van der Waals surface area contributed by atoms with Gasteiger partial charge in [0.1, 0.15) is 0 Å². The van der Waals surface area contributed by atoms with E-state index in [4.69, 9.17) is 4.74 Å². The molecule has 2 heterocycles. The minimum Gasteiger partial charge on any atom is -0.376 e. The van der Waals surface area contributed by atoms with Crippen molar-refractivity contribution in [2.75, 3.05) is 26.2 Å². The maximum absolute atomic E-state index is 12.9. The van der Waals surface area contributed by atoms with Crippen LogP contribution in [0.15, 0.2) is 18.2 Å². The lowest BCUT2D eigenvalue weighted by molar-refractivity contribution is -0.150. The summed E-state index contributed by atoms with van der Waals surface area (Å²) in [5, 5.41) is 2.89. The van der Waals surface area contributed by atoms with Crippen LogP contribution in [0.5, 0.6) is 0 Å². The summed E-state index contributed by atoms with van der Waals surface area (Å²) in [4.78, 5) is 14.5. The molecule has 0 aromatic heterocycles. The number of carbonyl (C=O) groups excluding carboxylic acids is 1. The van der Waals surface area contributed by atoms with E-state index in [-0.39, 0.29) is 30.8 Å². The Hall–Kier alpha value is -1.53. The molecule has 148 valence electrons. The van der Waals surface area contributed by atoms with E-state index in [1.54, 1.807) is 0 Å². The standard InChI is InChI=1S/C21H28F2N2O2/c1-13-3-4-14(2)15(5-13)9-25-10-18-17(12-27-19(18)11-25)8-24-20(26)16-6-21(22,23)7-16/h3-5,16-19H,6-12H2,1-2H3,(H,24,26)/t17-,18+,19+/m1/s1. The fourth-order valence-corrected chi connectivity index (χ4v) is 4.65. The molecule has 4 nitrogen and oxygen atoms in total. The molecule has 1 aromatic rings. The molecule has 0 bridgehead atoms. The smallest absolute Gasteiger partial charge is 0.249 e. The summed E-state index contributed by atoms with van der Waals surface area (Å²) in [7, 11) is 0. The van der Waals surface area contributed by atoms with Crippen LogP contribution in [-0.4, -0.2) is 49.1 Å². The Labute approximate surface area is 159 Å². The number of alkyl halides is 2. The van der Waals surface area contributed by atoms with E-state index < -0.39 is 11.8 Å². The van der Waals surface area contributed by atoms with Crippen LogP contribution < -0.4 is 5.32 Å². The molecule has 3 fully saturated rings. The molecule has 1 aliphatic carbocycles. The number of aryl methyl sites for hydroxylation is 2. The Morgan fingerprint density at radius 3 is 2.81 bits per heavy atom. The zero-order valence-electron chi connectivity index (χ0n) is 16.0. The number of hydrogen-bond acceptors (Lipinski definition) is 3. The van der Waals surface area contributed by atoms with Crippen molar-refractivity contribution >= 4 is 5.91 Å². The number of amides is 1. The molecule has 0 spiro atoms. The molecular weight excluding hydrogens is 350 g/mol. The van der Waals surface area contributed by atoms with Gasteiger partial charge in [-0.15, -0.1) is 0 Å². The normalized spacial score (nSPS) is 30.1. The zero-order valence-corrected chi connectivity index (χ0v) is 16.0. The fourth-order valence-electron chi connectivity index (χ4n) is 4.65. The summed E-state index contributed by atoms with van der Waals surface area (Å²) in [6.07, 6.45) is -0.407. The number of hydrogen-bond donors (Lipinski definition) is 1. The topological polar surface area (TPSA) is 41.6 Å². The first-order valence-electron chi connectivity index (χ1n) is 9.86. The van der Waals surface area contributed by atoms with Gasteiger partial charge >= 0.3 is 0 Å². The molecule has 0 unspecified atom stereocenters. The number of ether oxygens (including phenoxy) is 1. The number of nitrogens with one attached hydrogen (secondary N) is 1. The van der Waals surface area contributed by atoms with E-state index in [0.29, 0.717) is 19.1 Å². The maximum atomic E-state index is 12.9. The van der Waals surface area contributed by atoms with Crippen LogP contribution in [0.2, 0.25) is 0 Å². The Balaban J connectivity index is 1.28.